The van der Waals surface area contributed by atoms with Crippen molar-refractivity contribution in [3.05, 3.63) is 70.3 Å². The minimum absolute atomic E-state index is 0.0188. The van der Waals surface area contributed by atoms with E-state index in [1.165, 1.54) is 0 Å². The highest BCUT2D eigenvalue weighted by Gasteiger charge is 2.16. The molecule has 0 aliphatic rings. The van der Waals surface area contributed by atoms with Gasteiger partial charge >= 0.3 is 5.97 Å². The predicted octanol–water partition coefficient (Wildman–Crippen LogP) is 3.64. The SMILES string of the molecule is Cc1ccc(CC(=O)OCC(=O)NC(=O)c2ccc(C(C)(C)C)cc2)cc1C. The van der Waals surface area contributed by atoms with Crippen molar-refractivity contribution in [3.8, 4) is 0 Å². The molecule has 2 aromatic rings. The maximum absolute atomic E-state index is 12.1. The number of imide groups is 1. The maximum atomic E-state index is 12.1. The number of amides is 2. The predicted molar refractivity (Wildman–Crippen MR) is 108 cm³/mol. The van der Waals surface area contributed by atoms with Crippen LogP contribution >= 0.6 is 0 Å². The number of hydrogen-bond acceptors (Lipinski definition) is 4. The van der Waals surface area contributed by atoms with E-state index >= 15 is 0 Å². The third-order valence-electron chi connectivity index (χ3n) is 4.55. The molecule has 0 atom stereocenters. The zero-order chi connectivity index (χ0) is 20.9. The van der Waals surface area contributed by atoms with Gasteiger partial charge in [-0.1, -0.05) is 51.1 Å². The second-order valence-corrected chi connectivity index (χ2v) is 7.96. The molecular weight excluding hydrogens is 354 g/mol. The quantitative estimate of drug-likeness (QED) is 0.803. The Bertz CT molecular complexity index is 876. The van der Waals surface area contributed by atoms with Crippen molar-refractivity contribution in [2.24, 2.45) is 0 Å². The normalized spacial score (nSPS) is 11.0. The lowest BCUT2D eigenvalue weighted by molar-refractivity contribution is -0.147. The summed E-state index contributed by atoms with van der Waals surface area (Å²) in [6, 6.07) is 12.8. The summed E-state index contributed by atoms with van der Waals surface area (Å²) >= 11 is 0. The van der Waals surface area contributed by atoms with Crippen LogP contribution in [0.2, 0.25) is 0 Å². The first-order valence-electron chi connectivity index (χ1n) is 9.23. The van der Waals surface area contributed by atoms with Crippen LogP contribution < -0.4 is 5.32 Å². The fourth-order valence-corrected chi connectivity index (χ4v) is 2.63. The van der Waals surface area contributed by atoms with E-state index in [1.54, 1.807) is 12.1 Å². The van der Waals surface area contributed by atoms with Crippen molar-refractivity contribution >= 4 is 17.8 Å². The van der Waals surface area contributed by atoms with Gasteiger partial charge in [0.25, 0.3) is 11.8 Å². The summed E-state index contributed by atoms with van der Waals surface area (Å²) < 4.78 is 4.98. The Morgan fingerprint density at radius 3 is 2.14 bits per heavy atom. The van der Waals surface area contributed by atoms with Gasteiger partial charge in [0, 0.05) is 5.56 Å². The standard InChI is InChI=1S/C23H27NO4/c1-15-6-7-17(12-16(15)2)13-21(26)28-14-20(25)24-22(27)18-8-10-19(11-9-18)23(3,4)5/h6-12H,13-14H2,1-5H3,(H,24,25,27). The molecule has 1 N–H and O–H groups in total. The second kappa shape index (κ2) is 8.83. The highest BCUT2D eigenvalue weighted by Crippen LogP contribution is 2.22. The van der Waals surface area contributed by atoms with Gasteiger partial charge in [0.1, 0.15) is 0 Å². The van der Waals surface area contributed by atoms with Crippen molar-refractivity contribution in [1.29, 1.82) is 0 Å². The molecule has 0 saturated heterocycles. The largest absolute Gasteiger partial charge is 0.455 e. The molecule has 0 aromatic heterocycles. The van der Waals surface area contributed by atoms with Crippen LogP contribution in [0.15, 0.2) is 42.5 Å². The van der Waals surface area contributed by atoms with Crippen LogP contribution in [0.25, 0.3) is 0 Å². The molecule has 0 radical (unpaired) electrons. The van der Waals surface area contributed by atoms with Gasteiger partial charge in [-0.15, -0.1) is 0 Å². The first kappa shape index (κ1) is 21.4. The number of carbonyl (C=O) groups is 3. The van der Waals surface area contributed by atoms with Crippen LogP contribution in [0.4, 0.5) is 0 Å². The van der Waals surface area contributed by atoms with E-state index in [1.807, 2.05) is 44.2 Å². The Hall–Kier alpha value is -2.95. The molecule has 0 heterocycles. The van der Waals surface area contributed by atoms with Crippen LogP contribution in [0.5, 0.6) is 0 Å². The van der Waals surface area contributed by atoms with Crippen LogP contribution in [0.1, 0.15) is 53.4 Å². The van der Waals surface area contributed by atoms with Gasteiger partial charge < -0.3 is 4.74 Å². The lowest BCUT2D eigenvalue weighted by atomic mass is 9.87. The fourth-order valence-electron chi connectivity index (χ4n) is 2.63. The number of benzene rings is 2. The third kappa shape index (κ3) is 6.05. The Balaban J connectivity index is 1.83. The van der Waals surface area contributed by atoms with Gasteiger partial charge in [0.05, 0.1) is 6.42 Å². The van der Waals surface area contributed by atoms with Crippen molar-refractivity contribution in [2.45, 2.75) is 46.5 Å². The van der Waals surface area contributed by atoms with E-state index in [2.05, 4.69) is 26.1 Å². The molecular formula is C23H27NO4. The van der Waals surface area contributed by atoms with Gasteiger partial charge in [0.2, 0.25) is 0 Å². The zero-order valence-corrected chi connectivity index (χ0v) is 17.1. The molecule has 0 bridgehead atoms. The molecule has 0 aliphatic heterocycles. The molecule has 0 spiro atoms. The number of esters is 1. The van der Waals surface area contributed by atoms with Gasteiger partial charge in [-0.2, -0.15) is 0 Å². The van der Waals surface area contributed by atoms with E-state index < -0.39 is 24.4 Å². The number of ether oxygens (including phenoxy) is 1. The number of carbonyl (C=O) groups excluding carboxylic acids is 3. The first-order chi connectivity index (χ1) is 13.1. The third-order valence-corrected chi connectivity index (χ3v) is 4.55. The smallest absolute Gasteiger partial charge is 0.310 e. The monoisotopic (exact) mass is 381 g/mol. The number of nitrogens with one attached hydrogen (secondary N) is 1. The Labute approximate surface area is 166 Å². The molecule has 0 fully saturated rings. The van der Waals surface area contributed by atoms with Gasteiger partial charge in [-0.3, -0.25) is 19.7 Å². The Kier molecular flexibility index (Phi) is 6.73. The van der Waals surface area contributed by atoms with Crippen molar-refractivity contribution < 1.29 is 19.1 Å². The number of hydrogen-bond donors (Lipinski definition) is 1. The number of aryl methyl sites for hydroxylation is 2. The van der Waals surface area contributed by atoms with Crippen molar-refractivity contribution in [3.63, 3.8) is 0 Å². The van der Waals surface area contributed by atoms with Crippen molar-refractivity contribution in [2.75, 3.05) is 6.61 Å². The molecule has 0 aliphatic carbocycles. The van der Waals surface area contributed by atoms with Crippen LogP contribution in [0, 0.1) is 13.8 Å². The maximum Gasteiger partial charge on any atom is 0.310 e. The molecule has 0 unspecified atom stereocenters. The molecule has 2 rings (SSSR count). The zero-order valence-electron chi connectivity index (χ0n) is 17.1. The molecule has 2 amide bonds. The summed E-state index contributed by atoms with van der Waals surface area (Å²) in [5.41, 5.74) is 4.51. The average molecular weight is 381 g/mol. The summed E-state index contributed by atoms with van der Waals surface area (Å²) in [6.45, 7) is 9.72. The average Bonchev–Trinajstić information content (AvgIpc) is 2.62. The lowest BCUT2D eigenvalue weighted by Gasteiger charge is -2.19. The van der Waals surface area contributed by atoms with Gasteiger partial charge in [-0.25, -0.2) is 0 Å². The Morgan fingerprint density at radius 2 is 1.57 bits per heavy atom. The molecule has 0 saturated carbocycles. The minimum Gasteiger partial charge on any atom is -0.455 e. The summed E-state index contributed by atoms with van der Waals surface area (Å²) in [5, 5.41) is 2.24. The molecule has 2 aromatic carbocycles. The molecule has 28 heavy (non-hydrogen) atoms. The van der Waals surface area contributed by atoms with E-state index in [0.717, 1.165) is 22.3 Å². The molecule has 148 valence electrons. The molecule has 5 nitrogen and oxygen atoms in total. The van der Waals surface area contributed by atoms with Gasteiger partial charge in [0.15, 0.2) is 6.61 Å². The molecule has 5 heteroatoms. The highest BCUT2D eigenvalue weighted by molar-refractivity contribution is 6.05. The highest BCUT2D eigenvalue weighted by atomic mass is 16.5. The van der Waals surface area contributed by atoms with Crippen LogP contribution in [0.3, 0.4) is 0 Å². The van der Waals surface area contributed by atoms with E-state index in [4.69, 9.17) is 4.74 Å². The topological polar surface area (TPSA) is 72.5 Å². The van der Waals surface area contributed by atoms with E-state index in [9.17, 15) is 14.4 Å². The summed E-state index contributed by atoms with van der Waals surface area (Å²) in [7, 11) is 0. The Morgan fingerprint density at radius 1 is 0.929 bits per heavy atom. The summed E-state index contributed by atoms with van der Waals surface area (Å²) in [5.74, 6) is -1.69. The fraction of sp³-hybridized carbons (Fsp3) is 0.348. The summed E-state index contributed by atoms with van der Waals surface area (Å²) in [4.78, 5) is 36.0. The van der Waals surface area contributed by atoms with Crippen LogP contribution in [-0.2, 0) is 26.2 Å². The van der Waals surface area contributed by atoms with E-state index in [0.29, 0.717) is 5.56 Å². The van der Waals surface area contributed by atoms with Crippen LogP contribution in [-0.4, -0.2) is 24.4 Å². The second-order valence-electron chi connectivity index (χ2n) is 7.96. The minimum atomic E-state index is -0.654. The van der Waals surface area contributed by atoms with E-state index in [-0.39, 0.29) is 11.8 Å². The lowest BCUT2D eigenvalue weighted by Crippen LogP contribution is -2.34. The number of rotatable bonds is 5. The summed E-state index contributed by atoms with van der Waals surface area (Å²) in [6.07, 6.45) is 0.0800. The van der Waals surface area contributed by atoms with Gasteiger partial charge in [-0.05, 0) is 53.6 Å². The first-order valence-corrected chi connectivity index (χ1v) is 9.23. The van der Waals surface area contributed by atoms with Crippen molar-refractivity contribution in [1.82, 2.24) is 5.32 Å².